The average molecular weight is 218 g/mol. The van der Waals surface area contributed by atoms with Crippen molar-refractivity contribution in [3.8, 4) is 0 Å². The fourth-order valence-electron chi connectivity index (χ4n) is 1.03. The van der Waals surface area contributed by atoms with Crippen molar-refractivity contribution in [3.05, 3.63) is 0 Å². The summed E-state index contributed by atoms with van der Waals surface area (Å²) in [4.78, 5) is 10.3. The van der Waals surface area contributed by atoms with Crippen molar-refractivity contribution in [1.29, 1.82) is 0 Å². The van der Waals surface area contributed by atoms with Gasteiger partial charge < -0.3 is 0 Å². The number of Topliss-reactive ketones (excluding diaryl/α,β-unsaturated/α-hetero) is 1. The molecule has 0 amide bonds. The predicted octanol–water partition coefficient (Wildman–Crippen LogP) is 3.19. The molecule has 0 aliphatic carbocycles. The van der Waals surface area contributed by atoms with Gasteiger partial charge in [-0.1, -0.05) is 20.3 Å². The van der Waals surface area contributed by atoms with Crippen LogP contribution in [-0.4, -0.2) is 17.9 Å². The zero-order valence-electron chi connectivity index (χ0n) is 7.79. The molecule has 1 nitrogen and oxygen atoms in total. The van der Waals surface area contributed by atoms with Crippen LogP contribution in [0.1, 0.15) is 26.7 Å². The van der Waals surface area contributed by atoms with E-state index >= 15 is 0 Å². The molecule has 1 atom stereocenters. The van der Waals surface area contributed by atoms with E-state index in [1.165, 1.54) is 0 Å². The number of carbonyl (C=O) groups excluding carboxylic acids is 1. The van der Waals surface area contributed by atoms with Crippen LogP contribution in [0.25, 0.3) is 0 Å². The number of rotatable bonds is 4. The summed E-state index contributed by atoms with van der Waals surface area (Å²) in [6.45, 7) is 2.50. The largest absolute Gasteiger partial charge is 0.456 e. The SMILES string of the molecule is CCCC(C)C(F)(F)C(=O)C(F)(F)F. The second-order valence-electron chi connectivity index (χ2n) is 3.14. The Balaban J connectivity index is 4.69. The highest BCUT2D eigenvalue weighted by molar-refractivity contribution is 5.90. The van der Waals surface area contributed by atoms with E-state index in [1.807, 2.05) is 0 Å². The van der Waals surface area contributed by atoms with Crippen LogP contribution < -0.4 is 0 Å². The summed E-state index contributed by atoms with van der Waals surface area (Å²) in [6, 6.07) is 0. The smallest absolute Gasteiger partial charge is 0.283 e. The molecule has 0 N–H and O–H groups in total. The number of ketones is 1. The molecule has 1 unspecified atom stereocenters. The van der Waals surface area contributed by atoms with Gasteiger partial charge in [-0.25, -0.2) is 0 Å². The van der Waals surface area contributed by atoms with E-state index in [1.54, 1.807) is 6.92 Å². The average Bonchev–Trinajstić information content (AvgIpc) is 2.01. The van der Waals surface area contributed by atoms with Crippen molar-refractivity contribution in [1.82, 2.24) is 0 Å². The first-order chi connectivity index (χ1) is 6.14. The van der Waals surface area contributed by atoms with E-state index in [9.17, 15) is 26.7 Å². The zero-order chi connectivity index (χ0) is 11.6. The lowest BCUT2D eigenvalue weighted by Gasteiger charge is -2.22. The fourth-order valence-corrected chi connectivity index (χ4v) is 1.03. The molecule has 0 aromatic heterocycles. The highest BCUT2D eigenvalue weighted by Gasteiger charge is 2.57. The van der Waals surface area contributed by atoms with E-state index in [0.717, 1.165) is 6.92 Å². The molecule has 0 aromatic rings. The van der Waals surface area contributed by atoms with Gasteiger partial charge in [0.1, 0.15) is 0 Å². The summed E-state index contributed by atoms with van der Waals surface area (Å²) in [5.41, 5.74) is 0. The summed E-state index contributed by atoms with van der Waals surface area (Å²) in [7, 11) is 0. The molecule has 0 spiro atoms. The minimum Gasteiger partial charge on any atom is -0.283 e. The van der Waals surface area contributed by atoms with Gasteiger partial charge in [-0.2, -0.15) is 22.0 Å². The van der Waals surface area contributed by atoms with Crippen LogP contribution in [0, 0.1) is 5.92 Å². The van der Waals surface area contributed by atoms with Gasteiger partial charge >= 0.3 is 17.9 Å². The van der Waals surface area contributed by atoms with Crippen LogP contribution in [0.4, 0.5) is 22.0 Å². The van der Waals surface area contributed by atoms with Crippen LogP contribution in [0.5, 0.6) is 0 Å². The number of alkyl halides is 5. The van der Waals surface area contributed by atoms with Crippen LogP contribution in [0.3, 0.4) is 0 Å². The second-order valence-corrected chi connectivity index (χ2v) is 3.14. The molecule has 0 aromatic carbocycles. The Hall–Kier alpha value is -0.680. The van der Waals surface area contributed by atoms with Crippen molar-refractivity contribution >= 4 is 5.78 Å². The van der Waals surface area contributed by atoms with Gasteiger partial charge in [0.25, 0.3) is 0 Å². The minimum absolute atomic E-state index is 0.116. The number of hydrogen-bond donors (Lipinski definition) is 0. The normalized spacial score (nSPS) is 15.4. The Kier molecular flexibility index (Phi) is 4.02. The summed E-state index contributed by atoms with van der Waals surface area (Å²) in [6.07, 6.45) is -5.28. The third kappa shape index (κ3) is 2.92. The molecular weight excluding hydrogens is 207 g/mol. The maximum atomic E-state index is 12.8. The van der Waals surface area contributed by atoms with Crippen LogP contribution >= 0.6 is 0 Å². The lowest BCUT2D eigenvalue weighted by Crippen LogP contribution is -2.44. The van der Waals surface area contributed by atoms with Gasteiger partial charge in [0, 0.05) is 5.92 Å². The molecule has 0 heterocycles. The highest BCUT2D eigenvalue weighted by Crippen LogP contribution is 2.35. The van der Waals surface area contributed by atoms with Gasteiger partial charge in [-0.05, 0) is 6.42 Å². The first-order valence-corrected chi connectivity index (χ1v) is 4.13. The maximum Gasteiger partial charge on any atom is 0.456 e. The lowest BCUT2D eigenvalue weighted by atomic mass is 9.95. The van der Waals surface area contributed by atoms with Gasteiger partial charge in [-0.15, -0.1) is 0 Å². The van der Waals surface area contributed by atoms with Gasteiger partial charge in [0.05, 0.1) is 0 Å². The number of halogens is 5. The van der Waals surface area contributed by atoms with Crippen molar-refractivity contribution in [2.75, 3.05) is 0 Å². The van der Waals surface area contributed by atoms with Crippen LogP contribution in [0.15, 0.2) is 0 Å². The maximum absolute atomic E-state index is 12.8. The van der Waals surface area contributed by atoms with E-state index in [2.05, 4.69) is 0 Å². The molecule has 0 rings (SSSR count). The lowest BCUT2D eigenvalue weighted by molar-refractivity contribution is -0.201. The van der Waals surface area contributed by atoms with Gasteiger partial charge in [0.15, 0.2) is 0 Å². The number of carbonyl (C=O) groups is 1. The van der Waals surface area contributed by atoms with Gasteiger partial charge in [0.2, 0.25) is 0 Å². The summed E-state index contributed by atoms with van der Waals surface area (Å²) in [5, 5.41) is 0. The van der Waals surface area contributed by atoms with Crippen molar-refractivity contribution in [2.24, 2.45) is 5.92 Å². The van der Waals surface area contributed by atoms with Crippen molar-refractivity contribution in [3.63, 3.8) is 0 Å². The molecule has 0 radical (unpaired) electrons. The molecule has 0 saturated carbocycles. The van der Waals surface area contributed by atoms with E-state index < -0.39 is 23.8 Å². The van der Waals surface area contributed by atoms with Crippen molar-refractivity contribution < 1.29 is 26.7 Å². The molecule has 0 aliphatic heterocycles. The van der Waals surface area contributed by atoms with Crippen LogP contribution in [-0.2, 0) is 4.79 Å². The summed E-state index contributed by atoms with van der Waals surface area (Å²) >= 11 is 0. The van der Waals surface area contributed by atoms with Crippen molar-refractivity contribution in [2.45, 2.75) is 38.8 Å². The Bertz CT molecular complexity index is 208. The Morgan fingerprint density at radius 3 is 1.93 bits per heavy atom. The van der Waals surface area contributed by atoms with Gasteiger partial charge in [-0.3, -0.25) is 4.79 Å². The first kappa shape index (κ1) is 13.3. The van der Waals surface area contributed by atoms with E-state index in [-0.39, 0.29) is 6.42 Å². The second kappa shape index (κ2) is 4.23. The topological polar surface area (TPSA) is 17.1 Å². The third-order valence-electron chi connectivity index (χ3n) is 1.90. The minimum atomic E-state index is -5.47. The summed E-state index contributed by atoms with van der Waals surface area (Å²) in [5.74, 6) is -8.85. The Morgan fingerprint density at radius 1 is 1.21 bits per heavy atom. The predicted molar refractivity (Wildman–Crippen MR) is 40.1 cm³/mol. The molecule has 84 valence electrons. The standard InChI is InChI=1S/C8H11F5O/c1-3-4-5(2)7(9,10)6(14)8(11,12)13/h5H,3-4H2,1-2H3. The Labute approximate surface area is 78.3 Å². The zero-order valence-corrected chi connectivity index (χ0v) is 7.79. The molecule has 14 heavy (non-hydrogen) atoms. The highest BCUT2D eigenvalue weighted by atomic mass is 19.4. The third-order valence-corrected chi connectivity index (χ3v) is 1.90. The van der Waals surface area contributed by atoms with Crippen LogP contribution in [0.2, 0.25) is 0 Å². The Morgan fingerprint density at radius 2 is 1.64 bits per heavy atom. The first-order valence-electron chi connectivity index (χ1n) is 4.13. The monoisotopic (exact) mass is 218 g/mol. The molecule has 6 heteroatoms. The molecule has 0 bridgehead atoms. The number of hydrogen-bond acceptors (Lipinski definition) is 1. The quantitative estimate of drug-likeness (QED) is 0.662. The molecule has 0 aliphatic rings. The molecular formula is C8H11F5O. The molecule has 0 saturated heterocycles. The molecule has 0 fully saturated rings. The van der Waals surface area contributed by atoms with E-state index in [0.29, 0.717) is 6.42 Å². The fraction of sp³-hybridized carbons (Fsp3) is 0.875. The van der Waals surface area contributed by atoms with E-state index in [4.69, 9.17) is 0 Å². The summed E-state index contributed by atoms with van der Waals surface area (Å²) < 4.78 is 60.8.